The number of hydrogen-bond acceptors (Lipinski definition) is 5. The Morgan fingerprint density at radius 1 is 1.21 bits per heavy atom. The van der Waals surface area contributed by atoms with Gasteiger partial charge in [0.2, 0.25) is 4.38 Å². The molecule has 0 aromatic heterocycles. The first-order chi connectivity index (χ1) is 11.2. The van der Waals surface area contributed by atoms with Crippen molar-refractivity contribution in [2.75, 3.05) is 6.61 Å². The van der Waals surface area contributed by atoms with Gasteiger partial charge in [-0.15, -0.1) is 0 Å². The van der Waals surface area contributed by atoms with Gasteiger partial charge in [-0.25, -0.2) is 4.79 Å². The topological polar surface area (TPSA) is 35.5 Å². The highest BCUT2D eigenvalue weighted by Crippen LogP contribution is 2.65. The Balaban J connectivity index is 1.79. The van der Waals surface area contributed by atoms with Crippen molar-refractivity contribution in [2.45, 2.75) is 78.2 Å². The third kappa shape index (κ3) is 3.35. The molecule has 0 spiro atoms. The average Bonchev–Trinajstić information content (AvgIpc) is 2.50. The van der Waals surface area contributed by atoms with Gasteiger partial charge in [0.15, 0.2) is 0 Å². The largest absolute Gasteiger partial charge is 0.478 e. The van der Waals surface area contributed by atoms with E-state index in [1.165, 1.54) is 25.7 Å². The molecule has 0 heterocycles. The molecule has 0 amide bonds. The van der Waals surface area contributed by atoms with Crippen LogP contribution >= 0.6 is 24.0 Å². The number of thioether (sulfide) groups is 1. The second-order valence-corrected chi connectivity index (χ2v) is 10.5. The Bertz CT molecular complexity index is 533. The first-order valence-electron chi connectivity index (χ1n) is 9.27. The highest BCUT2D eigenvalue weighted by atomic mass is 32.2. The number of rotatable bonds is 2. The van der Waals surface area contributed by atoms with Gasteiger partial charge in [-0.1, -0.05) is 20.8 Å². The SMILES string of the molecule is CCOC(=S)SC(=O)OC12CCCC(C)(CCC3C1CC3(C)C)C2. The molecular formula is C19H30O3S2. The van der Waals surface area contributed by atoms with Crippen LogP contribution in [-0.2, 0) is 9.47 Å². The maximum Gasteiger partial charge on any atom is 0.376 e. The van der Waals surface area contributed by atoms with E-state index in [1.54, 1.807) is 0 Å². The van der Waals surface area contributed by atoms with Crippen LogP contribution in [0.1, 0.15) is 72.6 Å². The van der Waals surface area contributed by atoms with E-state index >= 15 is 0 Å². The fraction of sp³-hybridized carbons (Fsp3) is 0.895. The van der Waals surface area contributed by atoms with E-state index in [0.717, 1.165) is 31.0 Å². The monoisotopic (exact) mass is 370 g/mol. The zero-order valence-corrected chi connectivity index (χ0v) is 17.0. The number of thiocarbonyl (C=S) groups is 1. The van der Waals surface area contributed by atoms with Crippen LogP contribution in [0.25, 0.3) is 0 Å². The van der Waals surface area contributed by atoms with Gasteiger partial charge < -0.3 is 9.47 Å². The summed E-state index contributed by atoms with van der Waals surface area (Å²) in [5.41, 5.74) is 0.415. The fourth-order valence-corrected chi connectivity index (χ4v) is 6.54. The highest BCUT2D eigenvalue weighted by molar-refractivity contribution is 8.32. The molecule has 24 heavy (non-hydrogen) atoms. The van der Waals surface area contributed by atoms with Crippen LogP contribution in [0, 0.1) is 22.7 Å². The van der Waals surface area contributed by atoms with E-state index in [4.69, 9.17) is 21.7 Å². The molecule has 0 radical (unpaired) electrons. The second-order valence-electron chi connectivity index (χ2n) is 8.99. The lowest BCUT2D eigenvalue weighted by Crippen LogP contribution is -2.57. The quantitative estimate of drug-likeness (QED) is 0.443. The molecular weight excluding hydrogens is 340 g/mol. The summed E-state index contributed by atoms with van der Waals surface area (Å²) in [7, 11) is 0. The van der Waals surface area contributed by atoms with E-state index in [1.807, 2.05) is 6.92 Å². The predicted molar refractivity (Wildman–Crippen MR) is 102 cm³/mol. The molecule has 3 aliphatic carbocycles. The zero-order chi connectivity index (χ0) is 17.6. The van der Waals surface area contributed by atoms with Gasteiger partial charge in [-0.05, 0) is 80.8 Å². The second kappa shape index (κ2) is 6.46. The minimum atomic E-state index is -0.282. The smallest absolute Gasteiger partial charge is 0.376 e. The Kier molecular flexibility index (Phi) is 4.98. The van der Waals surface area contributed by atoms with Crippen LogP contribution < -0.4 is 0 Å². The van der Waals surface area contributed by atoms with Crippen molar-refractivity contribution in [1.29, 1.82) is 0 Å². The summed E-state index contributed by atoms with van der Waals surface area (Å²) < 4.78 is 11.7. The number of ether oxygens (including phenoxy) is 2. The minimum Gasteiger partial charge on any atom is -0.478 e. The van der Waals surface area contributed by atoms with Gasteiger partial charge in [0, 0.05) is 17.7 Å². The van der Waals surface area contributed by atoms with Crippen molar-refractivity contribution < 1.29 is 14.3 Å². The number of fused-ring (bicyclic) bond motifs is 4. The summed E-state index contributed by atoms with van der Waals surface area (Å²) in [5.74, 6) is 1.19. The zero-order valence-electron chi connectivity index (χ0n) is 15.4. The first-order valence-corrected chi connectivity index (χ1v) is 10.5. The molecule has 3 saturated carbocycles. The molecule has 3 fully saturated rings. The maximum absolute atomic E-state index is 12.5. The summed E-state index contributed by atoms with van der Waals surface area (Å²) in [5, 5.41) is -0.275. The van der Waals surface area contributed by atoms with Gasteiger partial charge in [0.25, 0.3) is 0 Å². The molecule has 136 valence electrons. The molecule has 5 heteroatoms. The Labute approximate surface area is 155 Å². The first kappa shape index (κ1) is 18.5. The lowest BCUT2D eigenvalue weighted by Gasteiger charge is -2.58. The summed E-state index contributed by atoms with van der Waals surface area (Å²) in [6.07, 6.45) is 8.16. The molecule has 0 aliphatic heterocycles. The molecule has 2 bridgehead atoms. The van der Waals surface area contributed by atoms with E-state index < -0.39 is 0 Å². The predicted octanol–water partition coefficient (Wildman–Crippen LogP) is 5.95. The molecule has 0 aromatic rings. The van der Waals surface area contributed by atoms with Gasteiger partial charge >= 0.3 is 5.30 Å². The normalized spacial score (nSPS) is 39.8. The van der Waals surface area contributed by atoms with Crippen molar-refractivity contribution in [3.05, 3.63) is 0 Å². The van der Waals surface area contributed by atoms with Crippen LogP contribution in [0.15, 0.2) is 0 Å². The van der Waals surface area contributed by atoms with Gasteiger partial charge in [0.1, 0.15) is 5.60 Å². The van der Waals surface area contributed by atoms with E-state index in [9.17, 15) is 4.79 Å². The summed E-state index contributed by atoms with van der Waals surface area (Å²) >= 11 is 6.04. The lowest BCUT2D eigenvalue weighted by atomic mass is 9.49. The standard InChI is InChI=1S/C19H30O3S2/c1-5-21-16(23)24-15(20)22-19-9-6-8-18(4,12-19)10-7-13-14(19)11-17(13,2)3/h13-14H,5-12H2,1-4H3. The van der Waals surface area contributed by atoms with Gasteiger partial charge in [-0.2, -0.15) is 0 Å². The Morgan fingerprint density at radius 3 is 2.62 bits per heavy atom. The van der Waals surface area contributed by atoms with Crippen LogP contribution in [0.4, 0.5) is 4.79 Å². The number of hydrogen-bond donors (Lipinski definition) is 0. The average molecular weight is 371 g/mol. The van der Waals surface area contributed by atoms with E-state index in [-0.39, 0.29) is 15.3 Å². The van der Waals surface area contributed by atoms with Gasteiger partial charge in [-0.3, -0.25) is 0 Å². The third-order valence-electron chi connectivity index (χ3n) is 6.79. The van der Waals surface area contributed by atoms with E-state index in [2.05, 4.69) is 20.8 Å². The summed E-state index contributed by atoms with van der Waals surface area (Å²) in [6, 6.07) is 0. The van der Waals surface area contributed by atoms with Crippen molar-refractivity contribution in [3.8, 4) is 0 Å². The van der Waals surface area contributed by atoms with Crippen molar-refractivity contribution in [3.63, 3.8) is 0 Å². The number of carbonyl (C=O) groups excluding carboxylic acids is 1. The highest BCUT2D eigenvalue weighted by Gasteiger charge is 2.62. The molecule has 0 saturated heterocycles. The molecule has 4 unspecified atom stereocenters. The van der Waals surface area contributed by atoms with Crippen molar-refractivity contribution in [2.24, 2.45) is 22.7 Å². The minimum absolute atomic E-state index is 0.275. The van der Waals surface area contributed by atoms with Crippen molar-refractivity contribution >= 4 is 33.7 Å². The molecule has 3 nitrogen and oxygen atoms in total. The van der Waals surface area contributed by atoms with E-state index in [0.29, 0.717) is 29.3 Å². The van der Waals surface area contributed by atoms with Crippen molar-refractivity contribution in [1.82, 2.24) is 0 Å². The maximum atomic E-state index is 12.5. The Morgan fingerprint density at radius 2 is 1.96 bits per heavy atom. The van der Waals surface area contributed by atoms with Gasteiger partial charge in [0.05, 0.1) is 6.61 Å². The van der Waals surface area contributed by atoms with Crippen LogP contribution in [-0.4, -0.2) is 21.9 Å². The molecule has 0 N–H and O–H groups in total. The fourth-order valence-electron chi connectivity index (χ4n) is 5.70. The molecule has 3 aliphatic rings. The molecule has 0 aromatic carbocycles. The number of carbonyl (C=O) groups is 1. The van der Waals surface area contributed by atoms with Crippen LogP contribution in [0.2, 0.25) is 0 Å². The molecule has 3 rings (SSSR count). The third-order valence-corrected chi connectivity index (χ3v) is 7.69. The Hall–Kier alpha value is -0.290. The summed E-state index contributed by atoms with van der Waals surface area (Å²) in [4.78, 5) is 12.5. The summed E-state index contributed by atoms with van der Waals surface area (Å²) in [6.45, 7) is 9.50. The van der Waals surface area contributed by atoms with Crippen LogP contribution in [0.5, 0.6) is 0 Å². The lowest BCUT2D eigenvalue weighted by molar-refractivity contribution is -0.157. The van der Waals surface area contributed by atoms with Crippen LogP contribution in [0.3, 0.4) is 0 Å². The molecule has 4 atom stereocenters.